The molecular weight excluding hydrogens is 343 g/mol. The van der Waals surface area contributed by atoms with Crippen LogP contribution < -0.4 is 5.73 Å². The Labute approximate surface area is 119 Å². The number of nitrogens with two attached hydrogens (primary N) is 1. The van der Waals surface area contributed by atoms with Gasteiger partial charge in [0, 0.05) is 21.4 Å². The van der Waals surface area contributed by atoms with Gasteiger partial charge < -0.3 is 5.73 Å². The fraction of sp³-hybridized carbons (Fsp3) is 0.308. The van der Waals surface area contributed by atoms with Crippen molar-refractivity contribution in [1.82, 2.24) is 4.98 Å². The highest BCUT2D eigenvalue weighted by Crippen LogP contribution is 2.24. The van der Waals surface area contributed by atoms with Crippen molar-refractivity contribution < 1.29 is 0 Å². The van der Waals surface area contributed by atoms with Crippen LogP contribution in [0.3, 0.4) is 0 Å². The topological polar surface area (TPSA) is 38.9 Å². The summed E-state index contributed by atoms with van der Waals surface area (Å²) in [5, 5.41) is 3.20. The molecule has 0 fully saturated rings. The van der Waals surface area contributed by atoms with E-state index in [0.29, 0.717) is 0 Å². The van der Waals surface area contributed by atoms with Gasteiger partial charge in [-0.3, -0.25) is 0 Å². The first kappa shape index (κ1) is 13.0. The number of aryl methyl sites for hydroxylation is 2. The third-order valence-corrected chi connectivity index (χ3v) is 5.01. The van der Waals surface area contributed by atoms with Crippen LogP contribution in [-0.2, 0) is 6.42 Å². The van der Waals surface area contributed by atoms with Crippen LogP contribution in [0.5, 0.6) is 0 Å². The Morgan fingerprint density at radius 1 is 1.41 bits per heavy atom. The summed E-state index contributed by atoms with van der Waals surface area (Å²) in [4.78, 5) is 4.46. The fourth-order valence-corrected chi connectivity index (χ4v) is 3.18. The van der Waals surface area contributed by atoms with Crippen LogP contribution in [-0.4, -0.2) is 4.98 Å². The van der Waals surface area contributed by atoms with Gasteiger partial charge in [-0.25, -0.2) is 4.98 Å². The van der Waals surface area contributed by atoms with Crippen molar-refractivity contribution in [3.8, 4) is 0 Å². The van der Waals surface area contributed by atoms with E-state index in [1.54, 1.807) is 11.3 Å². The minimum atomic E-state index is 0.0308. The standard InChI is InChI=1S/C13H15IN2S/c1-8-4-3-5-11(13(8)14)12(15)6-10-7-17-9(2)16-10/h3-5,7,12H,6,15H2,1-2H3. The predicted molar refractivity (Wildman–Crippen MR) is 81.4 cm³/mol. The van der Waals surface area contributed by atoms with Gasteiger partial charge in [-0.2, -0.15) is 0 Å². The van der Waals surface area contributed by atoms with Gasteiger partial charge in [0.25, 0.3) is 0 Å². The van der Waals surface area contributed by atoms with Gasteiger partial charge in [0.05, 0.1) is 10.7 Å². The van der Waals surface area contributed by atoms with Crippen molar-refractivity contribution in [1.29, 1.82) is 0 Å². The number of rotatable bonds is 3. The van der Waals surface area contributed by atoms with Crippen LogP contribution >= 0.6 is 33.9 Å². The smallest absolute Gasteiger partial charge is 0.0897 e. The first-order valence-corrected chi connectivity index (χ1v) is 7.45. The van der Waals surface area contributed by atoms with Gasteiger partial charge in [0.15, 0.2) is 0 Å². The number of aromatic nitrogens is 1. The molecule has 0 bridgehead atoms. The Kier molecular flexibility index (Phi) is 4.17. The van der Waals surface area contributed by atoms with Gasteiger partial charge >= 0.3 is 0 Å². The molecule has 1 aromatic carbocycles. The highest BCUT2D eigenvalue weighted by Gasteiger charge is 2.13. The Morgan fingerprint density at radius 2 is 2.18 bits per heavy atom. The largest absolute Gasteiger partial charge is 0.324 e. The van der Waals surface area contributed by atoms with E-state index in [1.807, 2.05) is 6.92 Å². The van der Waals surface area contributed by atoms with Crippen LogP contribution in [0.25, 0.3) is 0 Å². The molecule has 90 valence electrons. The monoisotopic (exact) mass is 358 g/mol. The van der Waals surface area contributed by atoms with Crippen LogP contribution in [0.4, 0.5) is 0 Å². The molecule has 2 nitrogen and oxygen atoms in total. The molecule has 1 unspecified atom stereocenters. The first-order chi connectivity index (χ1) is 8.08. The number of nitrogens with zero attached hydrogens (tertiary/aromatic N) is 1. The predicted octanol–water partition coefficient (Wildman–Crippen LogP) is 3.61. The van der Waals surface area contributed by atoms with Crippen molar-refractivity contribution in [3.05, 3.63) is 49.0 Å². The molecule has 0 saturated heterocycles. The Morgan fingerprint density at radius 3 is 2.82 bits per heavy atom. The quantitative estimate of drug-likeness (QED) is 0.852. The normalized spacial score (nSPS) is 12.7. The van der Waals surface area contributed by atoms with Gasteiger partial charge in [-0.05, 0) is 47.6 Å². The van der Waals surface area contributed by atoms with Crippen molar-refractivity contribution in [2.24, 2.45) is 5.73 Å². The summed E-state index contributed by atoms with van der Waals surface area (Å²) in [5.41, 5.74) is 9.86. The molecule has 17 heavy (non-hydrogen) atoms. The molecule has 2 N–H and O–H groups in total. The van der Waals surface area contributed by atoms with Gasteiger partial charge in [-0.1, -0.05) is 18.2 Å². The highest BCUT2D eigenvalue weighted by molar-refractivity contribution is 14.1. The number of halogens is 1. The number of hydrogen-bond acceptors (Lipinski definition) is 3. The zero-order valence-electron chi connectivity index (χ0n) is 9.90. The summed E-state index contributed by atoms with van der Waals surface area (Å²) in [7, 11) is 0. The second-order valence-corrected chi connectivity index (χ2v) is 6.29. The summed E-state index contributed by atoms with van der Waals surface area (Å²) < 4.78 is 1.27. The molecule has 1 heterocycles. The van der Waals surface area contributed by atoms with E-state index in [1.165, 1.54) is 14.7 Å². The first-order valence-electron chi connectivity index (χ1n) is 5.49. The summed E-state index contributed by atoms with van der Waals surface area (Å²) >= 11 is 4.05. The Bertz CT molecular complexity index is 522. The van der Waals surface area contributed by atoms with E-state index in [-0.39, 0.29) is 6.04 Å². The molecule has 0 radical (unpaired) electrons. The molecule has 0 spiro atoms. The van der Waals surface area contributed by atoms with Crippen molar-refractivity contribution in [2.45, 2.75) is 26.3 Å². The maximum Gasteiger partial charge on any atom is 0.0897 e. The molecule has 4 heteroatoms. The average Bonchev–Trinajstić information content (AvgIpc) is 2.68. The molecular formula is C13H15IN2S. The van der Waals surface area contributed by atoms with Crippen molar-refractivity contribution >= 4 is 33.9 Å². The van der Waals surface area contributed by atoms with Crippen molar-refractivity contribution in [2.75, 3.05) is 0 Å². The average molecular weight is 358 g/mol. The highest BCUT2D eigenvalue weighted by atomic mass is 127. The van der Waals surface area contributed by atoms with Gasteiger partial charge in [0.1, 0.15) is 0 Å². The zero-order valence-corrected chi connectivity index (χ0v) is 12.9. The summed E-state index contributed by atoms with van der Waals surface area (Å²) in [5.74, 6) is 0. The lowest BCUT2D eigenvalue weighted by Gasteiger charge is -2.14. The third-order valence-electron chi connectivity index (χ3n) is 2.72. The number of thiazole rings is 1. The van der Waals surface area contributed by atoms with Crippen LogP contribution in [0.2, 0.25) is 0 Å². The molecule has 0 aliphatic carbocycles. The molecule has 1 aromatic heterocycles. The number of benzene rings is 1. The van der Waals surface area contributed by atoms with E-state index in [2.05, 4.69) is 58.1 Å². The van der Waals surface area contributed by atoms with E-state index in [0.717, 1.165) is 17.1 Å². The summed E-state index contributed by atoms with van der Waals surface area (Å²) in [6.45, 7) is 4.14. The van der Waals surface area contributed by atoms with Crippen LogP contribution in [0.15, 0.2) is 23.6 Å². The molecule has 0 aliphatic rings. The maximum atomic E-state index is 6.27. The molecule has 0 amide bonds. The second-order valence-electron chi connectivity index (χ2n) is 4.15. The van der Waals surface area contributed by atoms with Crippen molar-refractivity contribution in [3.63, 3.8) is 0 Å². The van der Waals surface area contributed by atoms with Gasteiger partial charge in [-0.15, -0.1) is 11.3 Å². The zero-order chi connectivity index (χ0) is 12.4. The van der Waals surface area contributed by atoms with Gasteiger partial charge in [0.2, 0.25) is 0 Å². The van der Waals surface area contributed by atoms with Crippen LogP contribution in [0.1, 0.15) is 27.9 Å². The third kappa shape index (κ3) is 3.05. The lowest BCUT2D eigenvalue weighted by molar-refractivity contribution is 0.704. The maximum absolute atomic E-state index is 6.27. The second kappa shape index (κ2) is 5.46. The molecule has 0 saturated carbocycles. The minimum Gasteiger partial charge on any atom is -0.324 e. The van der Waals surface area contributed by atoms with E-state index in [9.17, 15) is 0 Å². The van der Waals surface area contributed by atoms with E-state index in [4.69, 9.17) is 5.73 Å². The SMILES string of the molecule is Cc1nc(CC(N)c2cccc(C)c2I)cs1. The Hall–Kier alpha value is -0.460. The lowest BCUT2D eigenvalue weighted by Crippen LogP contribution is -2.15. The molecule has 0 aliphatic heterocycles. The molecule has 1 atom stereocenters. The summed E-state index contributed by atoms with van der Waals surface area (Å²) in [6, 6.07) is 6.33. The fourth-order valence-electron chi connectivity index (χ4n) is 1.79. The van der Waals surface area contributed by atoms with Crippen LogP contribution in [0, 0.1) is 17.4 Å². The molecule has 2 rings (SSSR count). The molecule has 2 aromatic rings. The minimum absolute atomic E-state index is 0.0308. The Balaban J connectivity index is 2.20. The summed E-state index contributed by atoms with van der Waals surface area (Å²) in [6.07, 6.45) is 0.809. The lowest BCUT2D eigenvalue weighted by atomic mass is 10.0. The van der Waals surface area contributed by atoms with E-state index < -0.39 is 0 Å². The van der Waals surface area contributed by atoms with E-state index >= 15 is 0 Å². The number of hydrogen-bond donors (Lipinski definition) is 1.